The van der Waals surface area contributed by atoms with E-state index in [-0.39, 0.29) is 6.54 Å². The lowest BCUT2D eigenvalue weighted by molar-refractivity contribution is -0.138. The van der Waals surface area contributed by atoms with Gasteiger partial charge in [-0.2, -0.15) is 0 Å². The predicted octanol–water partition coefficient (Wildman–Crippen LogP) is 4.47. The van der Waals surface area contributed by atoms with Gasteiger partial charge in [0.1, 0.15) is 9.22 Å². The van der Waals surface area contributed by atoms with Gasteiger partial charge in [0.25, 0.3) is 10.0 Å². The number of likely N-dealkylation sites (N-methyl/N-ethyl adjacent to an activating group) is 1. The van der Waals surface area contributed by atoms with Gasteiger partial charge in [-0.3, -0.25) is 14.0 Å². The number of thiazole rings is 1. The second kappa shape index (κ2) is 9.14. The molecule has 11 heteroatoms. The van der Waals surface area contributed by atoms with Crippen molar-refractivity contribution in [3.63, 3.8) is 0 Å². The van der Waals surface area contributed by atoms with E-state index in [1.165, 1.54) is 22.7 Å². The fourth-order valence-electron chi connectivity index (χ4n) is 3.90. The molecule has 5 rings (SSSR count). The Morgan fingerprint density at radius 1 is 1.26 bits per heavy atom. The SMILES string of the molecule is CN(CC(=O)O)Cc1cnc(-c2cc3cccc(N(CC4CC4)S(=O)(=O)c4cccs4)c3[nH]2)s1. The Bertz CT molecular complexity index is 1420. The molecule has 0 spiro atoms. The van der Waals surface area contributed by atoms with Crippen LogP contribution in [0.15, 0.2) is 52.2 Å². The normalized spacial score (nSPS) is 14.2. The highest BCUT2D eigenvalue weighted by atomic mass is 32.2. The monoisotopic (exact) mass is 516 g/mol. The summed E-state index contributed by atoms with van der Waals surface area (Å²) >= 11 is 2.72. The Kier molecular flexibility index (Phi) is 6.19. The molecule has 0 aliphatic heterocycles. The number of aromatic amines is 1. The van der Waals surface area contributed by atoms with Crippen LogP contribution < -0.4 is 4.31 Å². The van der Waals surface area contributed by atoms with Crippen LogP contribution in [0.1, 0.15) is 17.7 Å². The van der Waals surface area contributed by atoms with E-state index in [0.29, 0.717) is 28.9 Å². The predicted molar refractivity (Wildman–Crippen MR) is 135 cm³/mol. The molecule has 4 aromatic rings. The summed E-state index contributed by atoms with van der Waals surface area (Å²) in [6.45, 7) is 0.910. The van der Waals surface area contributed by atoms with Crippen molar-refractivity contribution in [1.29, 1.82) is 0 Å². The molecule has 3 aromatic heterocycles. The van der Waals surface area contributed by atoms with Crippen LogP contribution in [0, 0.1) is 5.92 Å². The molecule has 0 bridgehead atoms. The van der Waals surface area contributed by atoms with Crippen LogP contribution in [0.2, 0.25) is 0 Å². The Morgan fingerprint density at radius 3 is 2.79 bits per heavy atom. The van der Waals surface area contributed by atoms with E-state index < -0.39 is 16.0 Å². The summed E-state index contributed by atoms with van der Waals surface area (Å²) in [6, 6.07) is 11.1. The number of anilines is 1. The zero-order chi connectivity index (χ0) is 23.9. The molecule has 1 aromatic carbocycles. The van der Waals surface area contributed by atoms with Gasteiger partial charge < -0.3 is 10.1 Å². The molecular weight excluding hydrogens is 492 g/mol. The largest absolute Gasteiger partial charge is 0.480 e. The summed E-state index contributed by atoms with van der Waals surface area (Å²) in [6.07, 6.45) is 3.84. The third-order valence-electron chi connectivity index (χ3n) is 5.68. The minimum Gasteiger partial charge on any atom is -0.480 e. The summed E-state index contributed by atoms with van der Waals surface area (Å²) < 4.78 is 28.9. The van der Waals surface area contributed by atoms with Crippen LogP contribution in [0.4, 0.5) is 5.69 Å². The Labute approximate surface area is 205 Å². The number of hydrogen-bond donors (Lipinski definition) is 2. The van der Waals surface area contributed by atoms with Gasteiger partial charge in [-0.1, -0.05) is 18.2 Å². The number of para-hydroxylation sites is 1. The summed E-state index contributed by atoms with van der Waals surface area (Å²) in [7, 11) is -1.91. The third-order valence-corrected chi connectivity index (χ3v) is 9.85. The van der Waals surface area contributed by atoms with Crippen LogP contribution in [0.25, 0.3) is 21.6 Å². The minimum atomic E-state index is -3.67. The molecule has 1 fully saturated rings. The number of nitrogens with zero attached hydrogens (tertiary/aromatic N) is 3. The maximum absolute atomic E-state index is 13.5. The lowest BCUT2D eigenvalue weighted by Crippen LogP contribution is -2.32. The first-order valence-corrected chi connectivity index (χ1v) is 14.0. The highest BCUT2D eigenvalue weighted by Crippen LogP contribution is 2.39. The van der Waals surface area contributed by atoms with Gasteiger partial charge in [0.05, 0.1) is 23.4 Å². The number of aromatic nitrogens is 2. The van der Waals surface area contributed by atoms with Gasteiger partial charge in [0, 0.05) is 29.5 Å². The van der Waals surface area contributed by atoms with Gasteiger partial charge in [0.15, 0.2) is 0 Å². The molecule has 0 unspecified atom stereocenters. The number of aliphatic carboxylic acids is 1. The zero-order valence-corrected chi connectivity index (χ0v) is 20.9. The smallest absolute Gasteiger partial charge is 0.317 e. The lowest BCUT2D eigenvalue weighted by atomic mass is 10.2. The Morgan fingerprint density at radius 2 is 2.09 bits per heavy atom. The third kappa shape index (κ3) is 4.74. The van der Waals surface area contributed by atoms with Crippen molar-refractivity contribution in [2.75, 3.05) is 24.4 Å². The van der Waals surface area contributed by atoms with Gasteiger partial charge >= 0.3 is 5.97 Å². The van der Waals surface area contributed by atoms with Gasteiger partial charge in [-0.05, 0) is 49.4 Å². The van der Waals surface area contributed by atoms with Crippen molar-refractivity contribution < 1.29 is 18.3 Å². The summed E-state index contributed by atoms with van der Waals surface area (Å²) in [5.41, 5.74) is 2.21. The number of H-pyrrole nitrogens is 1. The van der Waals surface area contributed by atoms with Crippen molar-refractivity contribution in [1.82, 2.24) is 14.9 Å². The van der Waals surface area contributed by atoms with Gasteiger partial charge in [0.2, 0.25) is 0 Å². The molecule has 1 aliphatic rings. The van der Waals surface area contributed by atoms with Crippen LogP contribution in [-0.4, -0.2) is 54.5 Å². The van der Waals surface area contributed by atoms with Crippen molar-refractivity contribution in [3.05, 3.63) is 52.9 Å². The minimum absolute atomic E-state index is 0.0431. The van der Waals surface area contributed by atoms with Crippen LogP contribution >= 0.6 is 22.7 Å². The lowest BCUT2D eigenvalue weighted by Gasteiger charge is -2.24. The number of nitrogens with one attached hydrogen (secondary N) is 1. The Hall–Kier alpha value is -2.73. The van der Waals surface area contributed by atoms with Crippen molar-refractivity contribution in [3.8, 4) is 10.7 Å². The van der Waals surface area contributed by atoms with Gasteiger partial charge in [-0.15, -0.1) is 22.7 Å². The van der Waals surface area contributed by atoms with Crippen LogP contribution in [-0.2, 0) is 21.4 Å². The maximum atomic E-state index is 13.5. The number of benzene rings is 1. The molecule has 178 valence electrons. The molecule has 0 amide bonds. The van der Waals surface area contributed by atoms with Crippen LogP contribution in [0.5, 0.6) is 0 Å². The Balaban J connectivity index is 1.49. The first-order chi connectivity index (χ1) is 16.3. The first kappa shape index (κ1) is 23.0. The molecule has 1 saturated carbocycles. The number of sulfonamides is 1. The maximum Gasteiger partial charge on any atom is 0.317 e. The number of carboxylic acid groups (broad SMARTS) is 1. The van der Waals surface area contributed by atoms with E-state index in [2.05, 4.69) is 9.97 Å². The average molecular weight is 517 g/mol. The van der Waals surface area contributed by atoms with E-state index in [1.807, 2.05) is 24.3 Å². The summed E-state index contributed by atoms with van der Waals surface area (Å²) in [5.74, 6) is -0.493. The van der Waals surface area contributed by atoms with E-state index in [9.17, 15) is 13.2 Å². The van der Waals surface area contributed by atoms with Crippen molar-refractivity contribution >= 4 is 55.3 Å². The standard InChI is InChI=1S/C23H24N4O4S3/c1-26(14-20(28)29)13-17-11-24-23(33-17)18-10-16-4-2-5-19(22(16)25-18)27(12-15-7-8-15)34(30,31)21-6-3-9-32-21/h2-6,9-11,15,25H,7-8,12-14H2,1H3,(H,28,29). The fraction of sp³-hybridized carbons (Fsp3) is 0.304. The quantitative estimate of drug-likeness (QED) is 0.322. The topological polar surface area (TPSA) is 107 Å². The number of carbonyl (C=O) groups is 1. The molecular formula is C23H24N4O4S3. The van der Waals surface area contributed by atoms with E-state index >= 15 is 0 Å². The van der Waals surface area contributed by atoms with Crippen molar-refractivity contribution in [2.24, 2.45) is 5.92 Å². The van der Waals surface area contributed by atoms with E-state index in [0.717, 1.165) is 39.3 Å². The average Bonchev–Trinajstić information content (AvgIpc) is 3.19. The highest BCUT2D eigenvalue weighted by Gasteiger charge is 2.33. The molecule has 3 heterocycles. The van der Waals surface area contributed by atoms with E-state index in [1.54, 1.807) is 40.0 Å². The van der Waals surface area contributed by atoms with Crippen molar-refractivity contribution in [2.45, 2.75) is 23.6 Å². The first-order valence-electron chi connectivity index (χ1n) is 10.8. The molecule has 2 N–H and O–H groups in total. The molecule has 0 saturated heterocycles. The molecule has 34 heavy (non-hydrogen) atoms. The van der Waals surface area contributed by atoms with Gasteiger partial charge in [-0.25, -0.2) is 13.4 Å². The molecule has 1 aliphatic carbocycles. The molecule has 0 radical (unpaired) electrons. The highest BCUT2D eigenvalue weighted by molar-refractivity contribution is 7.94. The van der Waals surface area contributed by atoms with Crippen LogP contribution in [0.3, 0.4) is 0 Å². The molecule has 0 atom stereocenters. The summed E-state index contributed by atoms with van der Waals surface area (Å²) in [4.78, 5) is 21.5. The number of thiophene rings is 1. The second-order valence-corrected chi connectivity index (χ2v) is 12.7. The zero-order valence-electron chi connectivity index (χ0n) is 18.5. The fourth-order valence-corrected chi connectivity index (χ4v) is 7.52. The number of rotatable bonds is 10. The number of hydrogen-bond acceptors (Lipinski definition) is 7. The van der Waals surface area contributed by atoms with E-state index in [4.69, 9.17) is 5.11 Å². The summed E-state index contributed by atoms with van der Waals surface area (Å²) in [5, 5.41) is 12.4. The molecule has 8 nitrogen and oxygen atoms in total. The number of fused-ring (bicyclic) bond motifs is 1. The number of carboxylic acids is 1. The second-order valence-electron chi connectivity index (χ2n) is 8.53.